The topological polar surface area (TPSA) is 86.7 Å². The van der Waals surface area contributed by atoms with Crippen molar-refractivity contribution in [3.05, 3.63) is 35.9 Å². The van der Waals surface area contributed by atoms with Crippen LogP contribution in [-0.2, 0) is 9.59 Å². The largest absolute Gasteiger partial charge is 0.480 e. The van der Waals surface area contributed by atoms with Gasteiger partial charge >= 0.3 is 5.97 Å². The molecule has 0 fully saturated rings. The number of hydrogen-bond donors (Lipinski definition) is 2. The van der Waals surface area contributed by atoms with Gasteiger partial charge in [0.1, 0.15) is 6.54 Å². The van der Waals surface area contributed by atoms with E-state index in [9.17, 15) is 14.4 Å². The van der Waals surface area contributed by atoms with Crippen LogP contribution in [0.25, 0.3) is 0 Å². The fourth-order valence-corrected chi connectivity index (χ4v) is 1.62. The van der Waals surface area contributed by atoms with Gasteiger partial charge in [-0.05, 0) is 18.6 Å². The summed E-state index contributed by atoms with van der Waals surface area (Å²) in [6.45, 7) is 0.0651. The minimum atomic E-state index is -1.04. The first kappa shape index (κ1) is 15.7. The van der Waals surface area contributed by atoms with Crippen LogP contribution in [0.3, 0.4) is 0 Å². The summed E-state index contributed by atoms with van der Waals surface area (Å²) in [6, 6.07) is 8.80. The molecule has 1 aromatic carbocycles. The average Bonchev–Trinajstić information content (AvgIpc) is 2.43. The van der Waals surface area contributed by atoms with Crippen molar-refractivity contribution in [1.29, 1.82) is 0 Å². The zero-order valence-electron chi connectivity index (χ0n) is 11.3. The van der Waals surface area contributed by atoms with Gasteiger partial charge in [0.05, 0.1) is 0 Å². The number of carbonyl (C=O) groups excluding carboxylic acids is 2. The standard InChI is InChI=1S/C14H18N2O4/c1-16(10-13(18)19)12(17)8-5-9-15-14(20)11-6-3-2-4-7-11/h2-4,6-7H,5,8-10H2,1H3,(H,15,20)(H,18,19). The molecule has 2 N–H and O–H groups in total. The van der Waals surface area contributed by atoms with E-state index in [0.717, 1.165) is 4.90 Å². The molecule has 0 aliphatic rings. The minimum absolute atomic E-state index is 0.183. The lowest BCUT2D eigenvalue weighted by Gasteiger charge is -2.14. The quantitative estimate of drug-likeness (QED) is 0.720. The number of amides is 2. The summed E-state index contributed by atoms with van der Waals surface area (Å²) in [5.74, 6) is -1.48. The molecular formula is C14H18N2O4. The Morgan fingerprint density at radius 2 is 1.85 bits per heavy atom. The maximum atomic E-state index is 11.7. The number of nitrogens with zero attached hydrogens (tertiary/aromatic N) is 1. The van der Waals surface area contributed by atoms with E-state index in [2.05, 4.69) is 5.32 Å². The van der Waals surface area contributed by atoms with Crippen LogP contribution in [0.1, 0.15) is 23.2 Å². The highest BCUT2D eigenvalue weighted by Gasteiger charge is 2.11. The van der Waals surface area contributed by atoms with Gasteiger partial charge < -0.3 is 15.3 Å². The van der Waals surface area contributed by atoms with Gasteiger partial charge in [-0.3, -0.25) is 14.4 Å². The first-order valence-electron chi connectivity index (χ1n) is 6.29. The van der Waals surface area contributed by atoms with E-state index in [1.165, 1.54) is 7.05 Å². The Hall–Kier alpha value is -2.37. The van der Waals surface area contributed by atoms with Crippen molar-refractivity contribution in [2.75, 3.05) is 20.1 Å². The summed E-state index contributed by atoms with van der Waals surface area (Å²) in [6.07, 6.45) is 0.681. The van der Waals surface area contributed by atoms with Crippen molar-refractivity contribution < 1.29 is 19.5 Å². The number of carbonyl (C=O) groups is 3. The molecule has 0 aliphatic carbocycles. The van der Waals surface area contributed by atoms with Crippen molar-refractivity contribution in [2.24, 2.45) is 0 Å². The molecule has 6 heteroatoms. The molecule has 108 valence electrons. The lowest BCUT2D eigenvalue weighted by Crippen LogP contribution is -2.32. The van der Waals surface area contributed by atoms with Crippen LogP contribution in [0.4, 0.5) is 0 Å². The number of hydrogen-bond acceptors (Lipinski definition) is 3. The third kappa shape index (κ3) is 5.51. The minimum Gasteiger partial charge on any atom is -0.480 e. The van der Waals surface area contributed by atoms with Crippen LogP contribution >= 0.6 is 0 Å². The lowest BCUT2D eigenvalue weighted by atomic mass is 10.2. The average molecular weight is 278 g/mol. The molecule has 0 heterocycles. The van der Waals surface area contributed by atoms with Gasteiger partial charge in [0, 0.05) is 25.6 Å². The van der Waals surface area contributed by atoms with Gasteiger partial charge in [0.25, 0.3) is 5.91 Å². The van der Waals surface area contributed by atoms with Gasteiger partial charge in [0.15, 0.2) is 0 Å². The van der Waals surface area contributed by atoms with Crippen molar-refractivity contribution in [1.82, 2.24) is 10.2 Å². The summed E-state index contributed by atoms with van der Waals surface area (Å²) >= 11 is 0. The van der Waals surface area contributed by atoms with Crippen LogP contribution < -0.4 is 5.32 Å². The second kappa shape index (κ2) is 7.93. The number of rotatable bonds is 7. The van der Waals surface area contributed by atoms with E-state index in [4.69, 9.17) is 5.11 Å². The van der Waals surface area contributed by atoms with Gasteiger partial charge in [-0.15, -0.1) is 0 Å². The van der Waals surface area contributed by atoms with Gasteiger partial charge in [0.2, 0.25) is 5.91 Å². The fraction of sp³-hybridized carbons (Fsp3) is 0.357. The van der Waals surface area contributed by atoms with Crippen LogP contribution in [-0.4, -0.2) is 47.9 Å². The Bertz CT molecular complexity index is 473. The van der Waals surface area contributed by atoms with Crippen LogP contribution in [0.2, 0.25) is 0 Å². The van der Waals surface area contributed by atoms with Crippen LogP contribution in [0.15, 0.2) is 30.3 Å². The number of benzene rings is 1. The highest BCUT2D eigenvalue weighted by Crippen LogP contribution is 1.99. The third-order valence-corrected chi connectivity index (χ3v) is 2.69. The molecule has 0 unspecified atom stereocenters. The number of nitrogens with one attached hydrogen (secondary N) is 1. The van der Waals surface area contributed by atoms with E-state index >= 15 is 0 Å². The van der Waals surface area contributed by atoms with Crippen LogP contribution in [0, 0.1) is 0 Å². The molecule has 2 amide bonds. The molecule has 0 saturated heterocycles. The smallest absolute Gasteiger partial charge is 0.323 e. The van der Waals surface area contributed by atoms with Gasteiger partial charge in [-0.2, -0.15) is 0 Å². The zero-order chi connectivity index (χ0) is 15.0. The normalized spacial score (nSPS) is 9.85. The maximum absolute atomic E-state index is 11.7. The van der Waals surface area contributed by atoms with Crippen molar-refractivity contribution >= 4 is 17.8 Å². The SMILES string of the molecule is CN(CC(=O)O)C(=O)CCCNC(=O)c1ccccc1. The molecule has 0 saturated carbocycles. The Morgan fingerprint density at radius 3 is 2.45 bits per heavy atom. The molecule has 0 bridgehead atoms. The van der Waals surface area contributed by atoms with Gasteiger partial charge in [-0.1, -0.05) is 18.2 Å². The molecule has 20 heavy (non-hydrogen) atoms. The first-order chi connectivity index (χ1) is 9.50. The molecule has 0 aliphatic heterocycles. The molecule has 0 spiro atoms. The predicted molar refractivity (Wildman–Crippen MR) is 73.3 cm³/mol. The number of likely N-dealkylation sites (N-methyl/N-ethyl adjacent to an activating group) is 1. The van der Waals surface area contributed by atoms with E-state index in [0.29, 0.717) is 18.5 Å². The van der Waals surface area contributed by atoms with Crippen molar-refractivity contribution in [3.8, 4) is 0 Å². The summed E-state index contributed by atoms with van der Waals surface area (Å²) in [7, 11) is 1.44. The molecule has 0 aromatic heterocycles. The molecule has 6 nitrogen and oxygen atoms in total. The molecule has 1 aromatic rings. The Labute approximate surface area is 117 Å². The van der Waals surface area contributed by atoms with E-state index < -0.39 is 5.97 Å². The Balaban J connectivity index is 2.23. The van der Waals surface area contributed by atoms with E-state index in [-0.39, 0.29) is 24.8 Å². The first-order valence-corrected chi connectivity index (χ1v) is 6.29. The van der Waals surface area contributed by atoms with E-state index in [1.807, 2.05) is 6.07 Å². The summed E-state index contributed by atoms with van der Waals surface area (Å²) in [5.41, 5.74) is 0.571. The highest BCUT2D eigenvalue weighted by atomic mass is 16.4. The second-order valence-electron chi connectivity index (χ2n) is 4.37. The fourth-order valence-electron chi connectivity index (χ4n) is 1.62. The third-order valence-electron chi connectivity index (χ3n) is 2.69. The molecule has 0 radical (unpaired) electrons. The number of carboxylic acid groups (broad SMARTS) is 1. The number of aliphatic carboxylic acids is 1. The molecular weight excluding hydrogens is 260 g/mol. The summed E-state index contributed by atoms with van der Waals surface area (Å²) in [5, 5.41) is 11.3. The Morgan fingerprint density at radius 1 is 1.20 bits per heavy atom. The highest BCUT2D eigenvalue weighted by molar-refractivity contribution is 5.94. The maximum Gasteiger partial charge on any atom is 0.323 e. The number of carboxylic acids is 1. The van der Waals surface area contributed by atoms with E-state index in [1.54, 1.807) is 24.3 Å². The van der Waals surface area contributed by atoms with Crippen molar-refractivity contribution in [3.63, 3.8) is 0 Å². The monoisotopic (exact) mass is 278 g/mol. The van der Waals surface area contributed by atoms with Crippen LogP contribution in [0.5, 0.6) is 0 Å². The second-order valence-corrected chi connectivity index (χ2v) is 4.37. The van der Waals surface area contributed by atoms with Crippen molar-refractivity contribution in [2.45, 2.75) is 12.8 Å². The summed E-state index contributed by atoms with van der Waals surface area (Å²) in [4.78, 5) is 34.8. The molecule has 1 rings (SSSR count). The molecule has 0 atom stereocenters. The zero-order valence-corrected chi connectivity index (χ0v) is 11.3. The predicted octanol–water partition coefficient (Wildman–Crippen LogP) is 0.740. The lowest BCUT2D eigenvalue weighted by molar-refractivity contribution is -0.143. The Kier molecular flexibility index (Phi) is 6.22. The van der Waals surface area contributed by atoms with Gasteiger partial charge in [-0.25, -0.2) is 0 Å². The summed E-state index contributed by atoms with van der Waals surface area (Å²) < 4.78 is 0.